The summed E-state index contributed by atoms with van der Waals surface area (Å²) in [4.78, 5) is 0. The van der Waals surface area contributed by atoms with E-state index in [9.17, 15) is 0 Å². The average molecular weight is 462 g/mol. The fraction of sp³-hybridized carbons (Fsp3) is 0.0833. The first-order valence-corrected chi connectivity index (χ1v) is 6.11. The van der Waals surface area contributed by atoms with Crippen LogP contribution in [0.1, 0.15) is 5.56 Å². The van der Waals surface area contributed by atoms with E-state index >= 15 is 0 Å². The number of thiophene rings is 1. The maximum atomic E-state index is 3.61. The van der Waals surface area contributed by atoms with E-state index in [-0.39, 0.29) is 63.4 Å². The van der Waals surface area contributed by atoms with Gasteiger partial charge in [-0.1, -0.05) is 51.1 Å². The Morgan fingerprint density at radius 3 is 2.44 bits per heavy atom. The molecule has 3 rings (SSSR count). The molecule has 0 radical (unpaired) electrons. The monoisotopic (exact) mass is 458 g/mol. The number of hydrogen-bond acceptors (Lipinski definition) is 1. The van der Waals surface area contributed by atoms with Crippen molar-refractivity contribution < 1.29 is 63.4 Å². The van der Waals surface area contributed by atoms with Gasteiger partial charge in [-0.2, -0.15) is 6.07 Å². The van der Waals surface area contributed by atoms with Crippen molar-refractivity contribution in [1.29, 1.82) is 0 Å². The van der Waals surface area contributed by atoms with Crippen LogP contribution in [-0.4, -0.2) is 0 Å². The summed E-state index contributed by atoms with van der Waals surface area (Å²) in [6.45, 7) is 2.15. The topological polar surface area (TPSA) is 0 Å². The Hall–Kier alpha value is 1.02. The number of benzene rings is 1. The summed E-state index contributed by atoms with van der Waals surface area (Å²) in [7, 11) is 0. The molecule has 0 atom stereocenters. The zero-order valence-electron chi connectivity index (χ0n) is 9.31. The van der Waals surface area contributed by atoms with Gasteiger partial charge in [0.2, 0.25) is 0 Å². The minimum atomic E-state index is 0. The molecule has 94 valence electrons. The first kappa shape index (κ1) is 21.3. The fourth-order valence-corrected chi connectivity index (χ4v) is 3.81. The quantitative estimate of drug-likeness (QED) is 0.298. The second kappa shape index (κ2) is 8.34. The predicted molar refractivity (Wildman–Crippen MR) is 67.4 cm³/mol. The van der Waals surface area contributed by atoms with Gasteiger partial charge < -0.3 is 37.2 Å². The molecule has 0 N–H and O–H groups in total. The summed E-state index contributed by atoms with van der Waals surface area (Å²) in [5, 5.41) is 2.75. The van der Waals surface area contributed by atoms with Crippen molar-refractivity contribution >= 4 is 47.4 Å². The SMILES string of the molecule is Cc1cc2sc3cccc(Br)c3c2[cH-]1.[Cl-].[Cl-].[Cl-].[Zr+4]. The van der Waals surface area contributed by atoms with Crippen LogP contribution in [0.5, 0.6) is 0 Å². The second-order valence-corrected chi connectivity index (χ2v) is 5.46. The van der Waals surface area contributed by atoms with Crippen molar-refractivity contribution in [2.45, 2.75) is 6.92 Å². The molecule has 0 aliphatic carbocycles. The van der Waals surface area contributed by atoms with Crippen LogP contribution in [0.3, 0.4) is 0 Å². The van der Waals surface area contributed by atoms with Crippen LogP contribution in [0.2, 0.25) is 0 Å². The largest absolute Gasteiger partial charge is 4.00 e. The molecule has 0 bridgehead atoms. The van der Waals surface area contributed by atoms with E-state index in [2.05, 4.69) is 53.2 Å². The molecule has 0 fully saturated rings. The summed E-state index contributed by atoms with van der Waals surface area (Å²) in [5.74, 6) is 0. The number of hydrogen-bond donors (Lipinski definition) is 0. The van der Waals surface area contributed by atoms with Crippen LogP contribution in [0, 0.1) is 6.92 Å². The van der Waals surface area contributed by atoms with E-state index in [1.165, 1.54) is 30.2 Å². The molecule has 3 aromatic rings. The Morgan fingerprint density at radius 1 is 1.11 bits per heavy atom. The molecule has 6 heteroatoms. The Morgan fingerprint density at radius 2 is 1.78 bits per heavy atom. The van der Waals surface area contributed by atoms with E-state index in [4.69, 9.17) is 0 Å². The van der Waals surface area contributed by atoms with Gasteiger partial charge in [0.15, 0.2) is 0 Å². The second-order valence-electron chi connectivity index (χ2n) is 3.53. The van der Waals surface area contributed by atoms with E-state index < -0.39 is 0 Å². The first-order chi connectivity index (χ1) is 6.75. The van der Waals surface area contributed by atoms with E-state index in [0.717, 1.165) is 0 Å². The molecular weight excluding hydrogens is 454 g/mol. The van der Waals surface area contributed by atoms with Crippen molar-refractivity contribution in [3.05, 3.63) is 40.4 Å². The van der Waals surface area contributed by atoms with Gasteiger partial charge in [-0.3, -0.25) is 0 Å². The number of aryl methyl sites for hydroxylation is 1. The summed E-state index contributed by atoms with van der Waals surface area (Å²) < 4.78 is 3.96. The van der Waals surface area contributed by atoms with E-state index in [1.54, 1.807) is 0 Å². The molecule has 0 unspecified atom stereocenters. The van der Waals surface area contributed by atoms with Crippen LogP contribution < -0.4 is 37.2 Å². The van der Waals surface area contributed by atoms with Gasteiger partial charge in [-0.25, -0.2) is 11.3 Å². The predicted octanol–water partition coefficient (Wildman–Crippen LogP) is -4.15. The molecule has 2 aromatic carbocycles. The molecule has 1 heterocycles. The van der Waals surface area contributed by atoms with Crippen LogP contribution in [0.25, 0.3) is 20.2 Å². The van der Waals surface area contributed by atoms with Crippen LogP contribution in [0.15, 0.2) is 34.8 Å². The number of halogens is 4. The minimum Gasteiger partial charge on any atom is -1.00 e. The summed E-state index contributed by atoms with van der Waals surface area (Å²) >= 11 is 5.48. The maximum absolute atomic E-state index is 3.61. The molecular formula is C12H8BrCl3SZr. The Labute approximate surface area is 156 Å². The molecule has 0 aliphatic rings. The van der Waals surface area contributed by atoms with Crippen LogP contribution in [0.4, 0.5) is 0 Å². The Balaban J connectivity index is 0. The molecule has 0 saturated heterocycles. The Bertz CT molecular complexity index is 633. The third-order valence-corrected chi connectivity index (χ3v) is 4.24. The summed E-state index contributed by atoms with van der Waals surface area (Å²) in [6, 6.07) is 10.9. The normalized spacial score (nSPS) is 9.00. The van der Waals surface area contributed by atoms with Gasteiger partial charge >= 0.3 is 26.2 Å². The third-order valence-electron chi connectivity index (χ3n) is 2.46. The van der Waals surface area contributed by atoms with Gasteiger partial charge in [0.25, 0.3) is 0 Å². The molecule has 0 aliphatic heterocycles. The average Bonchev–Trinajstić information content (AvgIpc) is 2.60. The molecule has 18 heavy (non-hydrogen) atoms. The smallest absolute Gasteiger partial charge is 1.00 e. The van der Waals surface area contributed by atoms with E-state index in [1.807, 2.05) is 11.3 Å². The number of rotatable bonds is 0. The molecule has 0 saturated carbocycles. The van der Waals surface area contributed by atoms with Crippen LogP contribution in [-0.2, 0) is 26.2 Å². The van der Waals surface area contributed by atoms with Gasteiger partial charge in [0.05, 0.1) is 0 Å². The minimum absolute atomic E-state index is 0. The van der Waals surface area contributed by atoms with Crippen molar-refractivity contribution in [2.24, 2.45) is 0 Å². The van der Waals surface area contributed by atoms with Crippen molar-refractivity contribution in [3.63, 3.8) is 0 Å². The standard InChI is InChI=1S/C12H8BrS.3ClH.Zr/c1-7-5-8-11(6-7)14-10-4-2-3-9(13)12(8)10;;;;/h2-6H,1H3;3*1H;/q-1;;;;+4/p-3. The van der Waals surface area contributed by atoms with Gasteiger partial charge in [-0.05, 0) is 9.17 Å². The van der Waals surface area contributed by atoms with Crippen molar-refractivity contribution in [1.82, 2.24) is 0 Å². The fourth-order valence-electron chi connectivity index (χ4n) is 1.87. The zero-order valence-corrected chi connectivity index (χ0v) is 16.4. The summed E-state index contributed by atoms with van der Waals surface area (Å²) in [5.41, 5.74) is 1.35. The maximum Gasteiger partial charge on any atom is 4.00 e. The first-order valence-electron chi connectivity index (χ1n) is 4.50. The van der Waals surface area contributed by atoms with Crippen molar-refractivity contribution in [2.75, 3.05) is 0 Å². The van der Waals surface area contributed by atoms with E-state index in [0.29, 0.717) is 0 Å². The Kier molecular flexibility index (Phi) is 9.88. The molecule has 0 nitrogen and oxygen atoms in total. The van der Waals surface area contributed by atoms with Gasteiger partial charge in [-0.15, -0.1) is 17.0 Å². The van der Waals surface area contributed by atoms with Crippen molar-refractivity contribution in [3.8, 4) is 0 Å². The molecule has 0 amide bonds. The molecule has 0 spiro atoms. The number of fused-ring (bicyclic) bond motifs is 3. The van der Waals surface area contributed by atoms with Gasteiger partial charge in [0.1, 0.15) is 0 Å². The molecule has 1 aromatic heterocycles. The summed E-state index contributed by atoms with van der Waals surface area (Å²) in [6.07, 6.45) is 0. The zero-order chi connectivity index (χ0) is 9.71. The van der Waals surface area contributed by atoms with Crippen LogP contribution >= 0.6 is 27.3 Å². The third kappa shape index (κ3) is 3.56. The van der Waals surface area contributed by atoms with Gasteiger partial charge in [0, 0.05) is 0 Å².